The summed E-state index contributed by atoms with van der Waals surface area (Å²) in [6, 6.07) is 4.41. The Kier molecular flexibility index (Phi) is 3.88. The molecule has 0 saturated carbocycles. The Morgan fingerprint density at radius 2 is 2.22 bits per heavy atom. The molecule has 0 N–H and O–H groups in total. The molecule has 1 atom stereocenters. The van der Waals surface area contributed by atoms with Gasteiger partial charge in [0.15, 0.2) is 0 Å². The van der Waals surface area contributed by atoms with Crippen molar-refractivity contribution in [3.63, 3.8) is 0 Å². The van der Waals surface area contributed by atoms with Crippen LogP contribution in [0.4, 0.5) is 4.39 Å². The normalized spacial score (nSPS) is 19.6. The highest BCUT2D eigenvalue weighted by atomic mass is 35.5. The fourth-order valence-electron chi connectivity index (χ4n) is 2.18. The molecular formula is C13H16ClFN2O. The van der Waals surface area contributed by atoms with Crippen molar-refractivity contribution in [3.05, 3.63) is 34.6 Å². The van der Waals surface area contributed by atoms with Crippen LogP contribution in [-0.2, 0) is 0 Å². The Morgan fingerprint density at radius 3 is 2.83 bits per heavy atom. The number of carbonyl (C=O) groups excluding carboxylic acids is 1. The lowest BCUT2D eigenvalue weighted by atomic mass is 10.2. The number of benzene rings is 1. The standard InChI is InChI=1S/C13H16ClFN2O/c1-16(2)10-5-6-17(8-10)13(18)11-7-9(14)3-4-12(11)15/h3-4,7,10H,5-6,8H2,1-2H3. The third-order valence-corrected chi connectivity index (χ3v) is 3.57. The van der Waals surface area contributed by atoms with Crippen molar-refractivity contribution in [1.82, 2.24) is 9.80 Å². The Morgan fingerprint density at radius 1 is 1.50 bits per heavy atom. The summed E-state index contributed by atoms with van der Waals surface area (Å²) in [6.07, 6.45) is 0.918. The first-order chi connectivity index (χ1) is 8.49. The van der Waals surface area contributed by atoms with Gasteiger partial charge in [-0.1, -0.05) is 11.6 Å². The summed E-state index contributed by atoms with van der Waals surface area (Å²) >= 11 is 5.80. The third-order valence-electron chi connectivity index (χ3n) is 3.34. The Labute approximate surface area is 111 Å². The summed E-state index contributed by atoms with van der Waals surface area (Å²) in [5, 5.41) is 0.378. The number of likely N-dealkylation sites (tertiary alicyclic amines) is 1. The van der Waals surface area contributed by atoms with Crippen molar-refractivity contribution in [2.45, 2.75) is 12.5 Å². The van der Waals surface area contributed by atoms with Crippen LogP contribution < -0.4 is 0 Å². The summed E-state index contributed by atoms with van der Waals surface area (Å²) in [6.45, 7) is 1.30. The minimum atomic E-state index is -0.516. The van der Waals surface area contributed by atoms with Crippen LogP contribution in [0.5, 0.6) is 0 Å². The Bertz CT molecular complexity index is 464. The number of amides is 1. The third kappa shape index (κ3) is 2.65. The van der Waals surface area contributed by atoms with Crippen molar-refractivity contribution in [2.75, 3.05) is 27.2 Å². The summed E-state index contributed by atoms with van der Waals surface area (Å²) < 4.78 is 13.6. The zero-order valence-corrected chi connectivity index (χ0v) is 11.2. The van der Waals surface area contributed by atoms with Crippen molar-refractivity contribution in [3.8, 4) is 0 Å². The van der Waals surface area contributed by atoms with E-state index in [9.17, 15) is 9.18 Å². The van der Waals surface area contributed by atoms with Crippen LogP contribution in [0.1, 0.15) is 16.8 Å². The SMILES string of the molecule is CN(C)C1CCN(C(=O)c2cc(Cl)ccc2F)C1. The van der Waals surface area contributed by atoms with E-state index in [1.165, 1.54) is 18.2 Å². The van der Waals surface area contributed by atoms with E-state index in [1.54, 1.807) is 4.90 Å². The second-order valence-corrected chi connectivity index (χ2v) is 5.22. The number of carbonyl (C=O) groups is 1. The maximum atomic E-state index is 13.6. The highest BCUT2D eigenvalue weighted by Gasteiger charge is 2.29. The summed E-state index contributed by atoms with van der Waals surface area (Å²) in [5.74, 6) is -0.794. The molecule has 1 aliphatic heterocycles. The van der Waals surface area contributed by atoms with E-state index >= 15 is 0 Å². The van der Waals surface area contributed by atoms with Crippen molar-refractivity contribution in [1.29, 1.82) is 0 Å². The molecule has 1 aliphatic rings. The number of halogens is 2. The van der Waals surface area contributed by atoms with Crippen LogP contribution in [0.25, 0.3) is 0 Å². The van der Waals surface area contributed by atoms with Gasteiger partial charge in [0.25, 0.3) is 5.91 Å². The fourth-order valence-corrected chi connectivity index (χ4v) is 2.35. The van der Waals surface area contributed by atoms with E-state index in [0.717, 1.165) is 6.42 Å². The average Bonchev–Trinajstić information content (AvgIpc) is 2.81. The van der Waals surface area contributed by atoms with Crippen molar-refractivity contribution >= 4 is 17.5 Å². The van der Waals surface area contributed by atoms with Gasteiger partial charge in [0.05, 0.1) is 5.56 Å². The van der Waals surface area contributed by atoms with Crippen molar-refractivity contribution in [2.24, 2.45) is 0 Å². The molecule has 1 aromatic rings. The highest BCUT2D eigenvalue weighted by molar-refractivity contribution is 6.31. The van der Waals surface area contributed by atoms with E-state index < -0.39 is 5.82 Å². The predicted molar refractivity (Wildman–Crippen MR) is 69.4 cm³/mol. The minimum absolute atomic E-state index is 0.0573. The largest absolute Gasteiger partial charge is 0.337 e. The topological polar surface area (TPSA) is 23.6 Å². The predicted octanol–water partition coefficient (Wildman–Crippen LogP) is 2.26. The molecule has 1 amide bonds. The second kappa shape index (κ2) is 5.24. The van der Waals surface area contributed by atoms with Crippen LogP contribution >= 0.6 is 11.6 Å². The van der Waals surface area contributed by atoms with Gasteiger partial charge in [-0.3, -0.25) is 4.79 Å². The lowest BCUT2D eigenvalue weighted by Gasteiger charge is -2.20. The van der Waals surface area contributed by atoms with E-state index in [1.807, 2.05) is 14.1 Å². The van der Waals surface area contributed by atoms with Gasteiger partial charge in [-0.05, 0) is 38.7 Å². The minimum Gasteiger partial charge on any atom is -0.337 e. The number of hydrogen-bond donors (Lipinski definition) is 0. The molecule has 0 aromatic heterocycles. The first kappa shape index (κ1) is 13.3. The van der Waals surface area contributed by atoms with Gasteiger partial charge in [0.1, 0.15) is 5.82 Å². The monoisotopic (exact) mass is 270 g/mol. The maximum absolute atomic E-state index is 13.6. The molecule has 0 aliphatic carbocycles. The molecule has 1 fully saturated rings. The Balaban J connectivity index is 2.15. The smallest absolute Gasteiger partial charge is 0.256 e. The molecule has 0 bridgehead atoms. The second-order valence-electron chi connectivity index (χ2n) is 4.78. The molecule has 0 spiro atoms. The number of rotatable bonds is 2. The molecule has 18 heavy (non-hydrogen) atoms. The molecule has 98 valence electrons. The molecule has 1 heterocycles. The molecule has 3 nitrogen and oxygen atoms in total. The van der Waals surface area contributed by atoms with Gasteiger partial charge in [-0.2, -0.15) is 0 Å². The van der Waals surface area contributed by atoms with Gasteiger partial charge >= 0.3 is 0 Å². The van der Waals surface area contributed by atoms with Crippen LogP contribution in [-0.4, -0.2) is 48.9 Å². The molecule has 2 rings (SSSR count). The molecule has 1 unspecified atom stereocenters. The maximum Gasteiger partial charge on any atom is 0.256 e. The van der Waals surface area contributed by atoms with Gasteiger partial charge in [-0.15, -0.1) is 0 Å². The van der Waals surface area contributed by atoms with Gasteiger partial charge in [0, 0.05) is 24.2 Å². The lowest BCUT2D eigenvalue weighted by molar-refractivity contribution is 0.0778. The average molecular weight is 271 g/mol. The number of hydrogen-bond acceptors (Lipinski definition) is 2. The molecule has 1 aromatic carbocycles. The van der Waals surface area contributed by atoms with E-state index in [4.69, 9.17) is 11.6 Å². The summed E-state index contributed by atoms with van der Waals surface area (Å²) in [7, 11) is 3.97. The van der Waals surface area contributed by atoms with Crippen LogP contribution in [0.2, 0.25) is 5.02 Å². The number of nitrogens with zero attached hydrogens (tertiary/aromatic N) is 2. The summed E-state index contributed by atoms with van der Waals surface area (Å²) in [5.41, 5.74) is 0.0573. The fraction of sp³-hybridized carbons (Fsp3) is 0.462. The zero-order valence-electron chi connectivity index (χ0n) is 10.5. The van der Waals surface area contributed by atoms with Gasteiger partial charge < -0.3 is 9.80 Å². The lowest BCUT2D eigenvalue weighted by Crippen LogP contribution is -2.34. The highest BCUT2D eigenvalue weighted by Crippen LogP contribution is 2.20. The number of likely N-dealkylation sites (N-methyl/N-ethyl adjacent to an activating group) is 1. The Hall–Kier alpha value is -1.13. The van der Waals surface area contributed by atoms with Crippen LogP contribution in [0, 0.1) is 5.82 Å². The van der Waals surface area contributed by atoms with E-state index in [0.29, 0.717) is 24.2 Å². The molecular weight excluding hydrogens is 255 g/mol. The molecule has 0 radical (unpaired) electrons. The van der Waals surface area contributed by atoms with Crippen LogP contribution in [0.15, 0.2) is 18.2 Å². The van der Waals surface area contributed by atoms with Crippen LogP contribution in [0.3, 0.4) is 0 Å². The first-order valence-electron chi connectivity index (χ1n) is 5.90. The van der Waals surface area contributed by atoms with E-state index in [-0.39, 0.29) is 11.5 Å². The quantitative estimate of drug-likeness (QED) is 0.823. The summed E-state index contributed by atoms with van der Waals surface area (Å²) in [4.78, 5) is 16.0. The van der Waals surface area contributed by atoms with Gasteiger partial charge in [-0.25, -0.2) is 4.39 Å². The molecule has 5 heteroatoms. The van der Waals surface area contributed by atoms with Crippen molar-refractivity contribution < 1.29 is 9.18 Å². The van der Waals surface area contributed by atoms with E-state index in [2.05, 4.69) is 4.90 Å². The molecule has 1 saturated heterocycles. The zero-order chi connectivity index (χ0) is 13.3. The first-order valence-corrected chi connectivity index (χ1v) is 6.27. The van der Waals surface area contributed by atoms with Gasteiger partial charge in [0.2, 0.25) is 0 Å².